The molecule has 1 saturated heterocycles. The number of pyridine rings is 1. The molecule has 7 heteroatoms. The van der Waals surface area contributed by atoms with Gasteiger partial charge in [-0.2, -0.15) is 0 Å². The molecule has 1 aliphatic heterocycles. The van der Waals surface area contributed by atoms with Crippen LogP contribution in [0.1, 0.15) is 69.3 Å². The number of anilines is 1. The number of carbonyl (C=O) groups excluding carboxylic acids is 2. The van der Waals surface area contributed by atoms with Gasteiger partial charge in [0.2, 0.25) is 5.91 Å². The van der Waals surface area contributed by atoms with Gasteiger partial charge in [-0.25, -0.2) is 4.98 Å². The summed E-state index contributed by atoms with van der Waals surface area (Å²) in [6, 6.07) is 3.71. The molecule has 1 aliphatic carbocycles. The number of benzene rings is 1. The van der Waals surface area contributed by atoms with Crippen molar-refractivity contribution in [1.29, 1.82) is 5.41 Å². The maximum absolute atomic E-state index is 13.1. The van der Waals surface area contributed by atoms with Crippen molar-refractivity contribution in [1.82, 2.24) is 14.8 Å². The Balaban J connectivity index is 0.00000127. The third-order valence-corrected chi connectivity index (χ3v) is 7.03. The summed E-state index contributed by atoms with van der Waals surface area (Å²) in [6.45, 7) is 14.1. The van der Waals surface area contributed by atoms with Crippen LogP contribution in [0.2, 0.25) is 0 Å². The third kappa shape index (κ3) is 6.21. The van der Waals surface area contributed by atoms with Crippen molar-refractivity contribution in [2.24, 2.45) is 0 Å². The van der Waals surface area contributed by atoms with E-state index in [1.165, 1.54) is 23.8 Å². The average Bonchev–Trinajstić information content (AvgIpc) is 2.93. The van der Waals surface area contributed by atoms with Gasteiger partial charge in [0.15, 0.2) is 0 Å². The van der Waals surface area contributed by atoms with Gasteiger partial charge in [-0.1, -0.05) is 39.0 Å². The molecule has 0 spiro atoms. The Morgan fingerprint density at radius 1 is 1.05 bits per heavy atom. The number of nitrogens with one attached hydrogen (secondary N) is 1. The number of nitrogen functional groups attached to an aromatic ring is 1. The first-order chi connectivity index (χ1) is 18.3. The van der Waals surface area contributed by atoms with Crippen LogP contribution >= 0.6 is 0 Å². The monoisotopic (exact) mass is 515 g/mol. The van der Waals surface area contributed by atoms with Crippen molar-refractivity contribution in [3.8, 4) is 0 Å². The lowest BCUT2D eigenvalue weighted by Gasteiger charge is -2.34. The second-order valence-electron chi connectivity index (χ2n) is 9.84. The number of nitrogens with zero attached hydrogens (tertiary/aromatic N) is 3. The molecule has 38 heavy (non-hydrogen) atoms. The molecule has 1 aromatic carbocycles. The predicted octanol–water partition coefficient (Wildman–Crippen LogP) is 5.32. The highest BCUT2D eigenvalue weighted by Crippen LogP contribution is 2.36. The number of nitrogens with two attached hydrogens (primary N) is 1. The van der Waals surface area contributed by atoms with Gasteiger partial charge in [-0.05, 0) is 67.5 Å². The van der Waals surface area contributed by atoms with Crippen LogP contribution in [0.25, 0.3) is 16.5 Å². The fourth-order valence-corrected chi connectivity index (χ4v) is 5.05. The number of carbonyl (C=O) groups is 2. The number of allylic oxidation sites excluding steroid dienone is 3. The number of piperazine rings is 1. The highest BCUT2D eigenvalue weighted by Gasteiger charge is 2.24. The molecule has 2 heterocycles. The molecule has 0 unspecified atom stereocenters. The molecular weight excluding hydrogens is 474 g/mol. The molecule has 0 radical (unpaired) electrons. The van der Waals surface area contributed by atoms with Crippen LogP contribution in [0.4, 0.5) is 5.69 Å². The van der Waals surface area contributed by atoms with Gasteiger partial charge < -0.3 is 20.9 Å². The number of aromatic nitrogens is 1. The molecular formula is C31H41N5O2. The summed E-state index contributed by atoms with van der Waals surface area (Å²) in [4.78, 5) is 33.2. The molecule has 7 nitrogen and oxygen atoms in total. The molecule has 0 bridgehead atoms. The molecule has 202 valence electrons. The zero-order chi connectivity index (χ0) is 27.8. The van der Waals surface area contributed by atoms with Gasteiger partial charge >= 0.3 is 0 Å². The number of rotatable bonds is 5. The lowest BCUT2D eigenvalue weighted by molar-refractivity contribution is -0.136. The summed E-state index contributed by atoms with van der Waals surface area (Å²) in [5.74, 6) is 0.000503. The smallest absolute Gasteiger partial charge is 0.253 e. The second-order valence-corrected chi connectivity index (χ2v) is 9.84. The fraction of sp³-hybridized carbons (Fsp3) is 0.419. The molecule has 2 amide bonds. The Bertz CT molecular complexity index is 1280. The van der Waals surface area contributed by atoms with E-state index in [2.05, 4.69) is 20.4 Å². The van der Waals surface area contributed by atoms with E-state index < -0.39 is 0 Å². The van der Waals surface area contributed by atoms with E-state index >= 15 is 0 Å². The average molecular weight is 516 g/mol. The van der Waals surface area contributed by atoms with E-state index in [1.54, 1.807) is 22.8 Å². The molecule has 2 aliphatic rings. The third-order valence-electron chi connectivity index (χ3n) is 7.03. The van der Waals surface area contributed by atoms with Crippen LogP contribution in [0.15, 0.2) is 42.5 Å². The number of amides is 2. The number of hydrogen-bond acceptors (Lipinski definition) is 5. The first kappa shape index (κ1) is 28.8. The maximum atomic E-state index is 13.1. The van der Waals surface area contributed by atoms with E-state index in [0.29, 0.717) is 37.4 Å². The molecule has 1 aromatic heterocycles. The Labute approximate surface area is 226 Å². The summed E-state index contributed by atoms with van der Waals surface area (Å²) in [7, 11) is 0. The predicted molar refractivity (Wildman–Crippen MR) is 157 cm³/mol. The van der Waals surface area contributed by atoms with E-state index in [0.717, 1.165) is 53.4 Å². The summed E-state index contributed by atoms with van der Waals surface area (Å²) < 4.78 is 0. The lowest BCUT2D eigenvalue weighted by Crippen LogP contribution is -2.50. The molecule has 1 fully saturated rings. The summed E-state index contributed by atoms with van der Waals surface area (Å²) in [5.41, 5.74) is 12.9. The minimum absolute atomic E-state index is 0.0423. The van der Waals surface area contributed by atoms with Gasteiger partial charge in [0.1, 0.15) is 0 Å². The van der Waals surface area contributed by atoms with Crippen LogP contribution in [0.3, 0.4) is 0 Å². The normalized spacial score (nSPS) is 15.6. The van der Waals surface area contributed by atoms with Crippen molar-refractivity contribution in [3.05, 3.63) is 64.9 Å². The summed E-state index contributed by atoms with van der Waals surface area (Å²) >= 11 is 0. The van der Waals surface area contributed by atoms with Crippen molar-refractivity contribution in [3.63, 3.8) is 0 Å². The zero-order valence-electron chi connectivity index (χ0n) is 23.3. The Kier molecular flexibility index (Phi) is 9.99. The topological polar surface area (TPSA) is 103 Å². The SMILES string of the molecule is C=C(/C=C\C(=C/C)C(=O)N1CCN(C(C)=O)CC1)c1nc2ccc(N)c(C=N)c2c2c1CCCC2.CCC. The van der Waals surface area contributed by atoms with Gasteiger partial charge in [0.05, 0.1) is 11.2 Å². The first-order valence-electron chi connectivity index (χ1n) is 13.6. The quantitative estimate of drug-likeness (QED) is 0.244. The Morgan fingerprint density at radius 3 is 2.24 bits per heavy atom. The summed E-state index contributed by atoms with van der Waals surface area (Å²) in [5, 5.41) is 8.87. The van der Waals surface area contributed by atoms with Gasteiger partial charge in [0, 0.05) is 61.5 Å². The molecule has 0 atom stereocenters. The zero-order valence-corrected chi connectivity index (χ0v) is 23.3. The highest BCUT2D eigenvalue weighted by atomic mass is 16.2. The van der Waals surface area contributed by atoms with Crippen molar-refractivity contribution < 1.29 is 9.59 Å². The molecule has 3 N–H and O–H groups in total. The molecule has 4 rings (SSSR count). The van der Waals surface area contributed by atoms with Crippen LogP contribution in [-0.4, -0.2) is 59.0 Å². The number of aryl methyl sites for hydroxylation is 1. The standard InChI is InChI=1S/C28H33N5O2.C3H8/c1-4-20(28(35)33-15-13-32(14-16-33)19(3)34)10-9-18(2)27-22-8-6-5-7-21(22)26-23(17-29)24(30)11-12-25(26)31-27;1-3-2/h4,9-12,17,29H,2,5-8,13-16,30H2,1,3H3;3H2,1-2H3/b10-9-,20-4+,29-17?;. The van der Waals surface area contributed by atoms with Crippen molar-refractivity contribution in [2.75, 3.05) is 31.9 Å². The van der Waals surface area contributed by atoms with Crippen molar-refractivity contribution in [2.45, 2.75) is 59.8 Å². The van der Waals surface area contributed by atoms with E-state index in [-0.39, 0.29) is 11.8 Å². The second kappa shape index (κ2) is 13.2. The van der Waals surface area contributed by atoms with E-state index in [1.807, 2.05) is 31.2 Å². The van der Waals surface area contributed by atoms with Crippen molar-refractivity contribution >= 4 is 40.2 Å². The first-order valence-corrected chi connectivity index (χ1v) is 13.6. The fourth-order valence-electron chi connectivity index (χ4n) is 5.05. The lowest BCUT2D eigenvalue weighted by atomic mass is 9.85. The minimum atomic E-state index is -0.0423. The molecule has 0 saturated carbocycles. The minimum Gasteiger partial charge on any atom is -0.398 e. The van der Waals surface area contributed by atoms with E-state index in [9.17, 15) is 9.59 Å². The Hall–Kier alpha value is -3.74. The molecule has 2 aromatic rings. The number of hydrogen-bond donors (Lipinski definition) is 2. The summed E-state index contributed by atoms with van der Waals surface area (Å²) in [6.07, 6.45) is 12.1. The largest absolute Gasteiger partial charge is 0.398 e. The Morgan fingerprint density at radius 2 is 1.66 bits per heavy atom. The van der Waals surface area contributed by atoms with E-state index in [4.69, 9.17) is 16.1 Å². The van der Waals surface area contributed by atoms with Crippen LogP contribution in [0.5, 0.6) is 0 Å². The van der Waals surface area contributed by atoms with Crippen LogP contribution in [-0.2, 0) is 22.4 Å². The van der Waals surface area contributed by atoms with Gasteiger partial charge in [-0.15, -0.1) is 0 Å². The van der Waals surface area contributed by atoms with Gasteiger partial charge in [0.25, 0.3) is 5.91 Å². The maximum Gasteiger partial charge on any atom is 0.253 e. The van der Waals surface area contributed by atoms with Gasteiger partial charge in [-0.3, -0.25) is 9.59 Å². The highest BCUT2D eigenvalue weighted by molar-refractivity contribution is 6.05. The van der Waals surface area contributed by atoms with Crippen LogP contribution in [0, 0.1) is 5.41 Å². The van der Waals surface area contributed by atoms with Crippen LogP contribution < -0.4 is 5.73 Å². The number of fused-ring (bicyclic) bond motifs is 3.